The number of nitrogens with two attached hydrogens (primary N) is 1. The Morgan fingerprint density at radius 1 is 0.846 bits per heavy atom. The van der Waals surface area contributed by atoms with Crippen LogP contribution in [0.4, 0.5) is 13.2 Å². The molecule has 0 aliphatic carbocycles. The molecule has 0 saturated heterocycles. The van der Waals surface area contributed by atoms with Gasteiger partial charge in [0.1, 0.15) is 12.4 Å². The second-order valence-electron chi connectivity index (χ2n) is 8.74. The molecule has 5 aromatic rings. The number of fused-ring (bicyclic) bond motifs is 3. The molecule has 0 spiro atoms. The molecule has 10 heteroatoms. The van der Waals surface area contributed by atoms with Gasteiger partial charge in [-0.05, 0) is 53.1 Å². The van der Waals surface area contributed by atoms with Crippen LogP contribution in [0.3, 0.4) is 0 Å². The van der Waals surface area contributed by atoms with E-state index in [9.17, 15) is 27.9 Å². The number of nitrogens with zero attached hydrogens (tertiary/aromatic N) is 1. The summed E-state index contributed by atoms with van der Waals surface area (Å²) < 4.78 is 46.9. The van der Waals surface area contributed by atoms with E-state index in [2.05, 4.69) is 0 Å². The number of carboxylic acids is 1. The van der Waals surface area contributed by atoms with E-state index in [0.717, 1.165) is 17.7 Å². The zero-order valence-electron chi connectivity index (χ0n) is 20.8. The number of carboxylic acid groups (broad SMARTS) is 1. The molecule has 1 aromatic heterocycles. The number of hydrogen-bond donors (Lipinski definition) is 1. The Bertz CT molecular complexity index is 1680. The van der Waals surface area contributed by atoms with E-state index < -0.39 is 30.2 Å². The molecule has 2 N–H and O–H groups in total. The van der Waals surface area contributed by atoms with Crippen LogP contribution < -0.4 is 45.1 Å². The predicted octanol–water partition coefficient (Wildman–Crippen LogP) is 1.76. The van der Waals surface area contributed by atoms with Crippen molar-refractivity contribution in [3.05, 3.63) is 102 Å². The normalized spacial score (nSPS) is 11.4. The number of alkyl halides is 3. The van der Waals surface area contributed by atoms with Gasteiger partial charge in [-0.25, -0.2) is 0 Å². The van der Waals surface area contributed by atoms with Crippen LogP contribution in [0.2, 0.25) is 0 Å². The van der Waals surface area contributed by atoms with Gasteiger partial charge in [-0.3, -0.25) is 4.79 Å². The van der Waals surface area contributed by atoms with Crippen molar-refractivity contribution in [2.24, 2.45) is 5.73 Å². The molecule has 0 aliphatic rings. The molecule has 0 saturated carbocycles. The van der Waals surface area contributed by atoms with Crippen molar-refractivity contribution in [2.45, 2.75) is 12.7 Å². The number of halogens is 3. The Labute approximate surface area is 243 Å². The van der Waals surface area contributed by atoms with Crippen LogP contribution in [0.1, 0.15) is 21.5 Å². The maximum Gasteiger partial charge on any atom is 1.00 e. The minimum Gasteiger partial charge on any atom is -0.546 e. The van der Waals surface area contributed by atoms with Gasteiger partial charge in [0.15, 0.2) is 0 Å². The monoisotopic (exact) mass is 540 g/mol. The number of benzene rings is 4. The average molecular weight is 540 g/mol. The molecule has 39 heavy (non-hydrogen) atoms. The van der Waals surface area contributed by atoms with Gasteiger partial charge >= 0.3 is 35.7 Å². The van der Waals surface area contributed by atoms with E-state index in [1.807, 2.05) is 41.0 Å². The minimum atomic E-state index is -4.49. The number of amides is 1. The summed E-state index contributed by atoms with van der Waals surface area (Å²) in [6.45, 7) is -0.380. The first-order valence-electron chi connectivity index (χ1n) is 11.6. The Hall–Kier alpha value is -3.79. The zero-order chi connectivity index (χ0) is 27.0. The van der Waals surface area contributed by atoms with Gasteiger partial charge < -0.3 is 24.9 Å². The molecule has 0 fully saturated rings. The smallest absolute Gasteiger partial charge is 0.546 e. The maximum absolute atomic E-state index is 13.1. The number of rotatable bonds is 7. The molecule has 0 aliphatic heterocycles. The first-order valence-corrected chi connectivity index (χ1v) is 11.6. The van der Waals surface area contributed by atoms with Gasteiger partial charge in [0.2, 0.25) is 5.91 Å². The van der Waals surface area contributed by atoms with Gasteiger partial charge in [-0.1, -0.05) is 48.5 Å². The molecule has 0 bridgehead atoms. The fourth-order valence-electron chi connectivity index (χ4n) is 4.63. The van der Waals surface area contributed by atoms with E-state index in [1.165, 1.54) is 18.2 Å². The van der Waals surface area contributed by atoms with Gasteiger partial charge in [0.05, 0.1) is 28.0 Å². The molecule has 0 atom stereocenters. The van der Waals surface area contributed by atoms with E-state index in [4.69, 9.17) is 10.5 Å². The molecule has 0 radical (unpaired) electrons. The van der Waals surface area contributed by atoms with E-state index in [1.54, 1.807) is 18.2 Å². The number of carbonyl (C=O) groups excluding carboxylic acids is 2. The van der Waals surface area contributed by atoms with Crippen molar-refractivity contribution in [1.82, 2.24) is 4.57 Å². The number of aromatic nitrogens is 1. The third-order valence-corrected chi connectivity index (χ3v) is 6.30. The van der Waals surface area contributed by atoms with Crippen molar-refractivity contribution in [2.75, 3.05) is 6.61 Å². The summed E-state index contributed by atoms with van der Waals surface area (Å²) in [5, 5.41) is 12.2. The molecular weight excluding hydrogens is 520 g/mol. The fraction of sp³-hybridized carbons (Fsp3) is 0.103. The summed E-state index contributed by atoms with van der Waals surface area (Å²) in [7, 11) is 0. The second kappa shape index (κ2) is 11.1. The predicted molar refractivity (Wildman–Crippen MR) is 134 cm³/mol. The zero-order valence-corrected chi connectivity index (χ0v) is 22.8. The number of aliphatic carboxylic acids is 1. The van der Waals surface area contributed by atoms with Gasteiger partial charge in [-0.15, -0.1) is 0 Å². The molecule has 1 amide bonds. The number of ether oxygens (including phenoxy) is 1. The number of carbonyl (C=O) groups is 2. The van der Waals surface area contributed by atoms with Gasteiger partial charge in [0.25, 0.3) is 0 Å². The van der Waals surface area contributed by atoms with E-state index in [-0.39, 0.29) is 40.9 Å². The molecule has 0 unspecified atom stereocenters. The number of hydrogen-bond acceptors (Lipinski definition) is 4. The van der Waals surface area contributed by atoms with Crippen molar-refractivity contribution in [3.63, 3.8) is 0 Å². The molecule has 1 heterocycles. The largest absolute Gasteiger partial charge is 1.00 e. The van der Waals surface area contributed by atoms with Crippen LogP contribution in [0, 0.1) is 0 Å². The van der Waals surface area contributed by atoms with Crippen molar-refractivity contribution in [1.29, 1.82) is 0 Å². The first-order chi connectivity index (χ1) is 18.1. The van der Waals surface area contributed by atoms with Crippen LogP contribution in [0.5, 0.6) is 5.75 Å². The van der Waals surface area contributed by atoms with Gasteiger partial charge in [0, 0.05) is 17.5 Å². The Morgan fingerprint density at radius 2 is 1.54 bits per heavy atom. The third kappa shape index (κ3) is 5.66. The van der Waals surface area contributed by atoms with Crippen LogP contribution in [-0.2, 0) is 17.5 Å². The van der Waals surface area contributed by atoms with Crippen LogP contribution in [0.15, 0.2) is 84.9 Å². The molecule has 192 valence electrons. The maximum atomic E-state index is 13.1. The first kappa shape index (κ1) is 28.2. The summed E-state index contributed by atoms with van der Waals surface area (Å²) in [6.07, 6.45) is -4.49. The molecule has 6 nitrogen and oxygen atoms in total. The van der Waals surface area contributed by atoms with Gasteiger partial charge in [-0.2, -0.15) is 13.2 Å². The number of primary amides is 1. The topological polar surface area (TPSA) is 97.4 Å². The molecule has 5 rings (SSSR count). The summed E-state index contributed by atoms with van der Waals surface area (Å²) in [6, 6.07) is 22.6. The Balaban J connectivity index is 0.00000353. The standard InChI is InChI=1S/C29H21F3N2O4.Na/c30-29(31,32)20-11-9-18(10-12-20)19-13-23-27(24(14-19)38-16-25(35)36)26-21(28(33)37)7-4-8-22(26)34(23)15-17-5-2-1-3-6-17;/h1-14H,15-16H2,(H2,33,37)(H,35,36);/q;+1/p-1. The van der Waals surface area contributed by atoms with Crippen molar-refractivity contribution >= 4 is 33.7 Å². The second-order valence-corrected chi connectivity index (χ2v) is 8.74. The van der Waals surface area contributed by atoms with Crippen molar-refractivity contribution < 1.29 is 62.2 Å². The summed E-state index contributed by atoms with van der Waals surface area (Å²) in [4.78, 5) is 23.6. The van der Waals surface area contributed by atoms with E-state index >= 15 is 0 Å². The SMILES string of the molecule is NC(=O)c1cccc2c1c1c(OCC(=O)[O-])cc(-c3ccc(C(F)(F)F)cc3)cc1n2Cc1ccccc1.[Na+]. The fourth-order valence-corrected chi connectivity index (χ4v) is 4.63. The van der Waals surface area contributed by atoms with Crippen LogP contribution in [0.25, 0.3) is 32.9 Å². The quantitative estimate of drug-likeness (QED) is 0.318. The Kier molecular flexibility index (Phi) is 8.06. The molecule has 4 aromatic carbocycles. The Morgan fingerprint density at radius 3 is 2.15 bits per heavy atom. The molecular formula is C29H20F3N2NaO4. The average Bonchev–Trinajstić information content (AvgIpc) is 3.21. The minimum absolute atomic E-state index is 0. The van der Waals surface area contributed by atoms with Crippen molar-refractivity contribution in [3.8, 4) is 16.9 Å². The summed E-state index contributed by atoms with van der Waals surface area (Å²) >= 11 is 0. The summed E-state index contributed by atoms with van der Waals surface area (Å²) in [5.41, 5.74) is 8.27. The third-order valence-electron chi connectivity index (χ3n) is 6.30. The van der Waals surface area contributed by atoms with Crippen LogP contribution >= 0.6 is 0 Å². The van der Waals surface area contributed by atoms with E-state index in [0.29, 0.717) is 39.5 Å². The summed E-state index contributed by atoms with van der Waals surface area (Å²) in [5.74, 6) is -2.00. The van der Waals surface area contributed by atoms with Crippen LogP contribution in [-0.4, -0.2) is 23.1 Å².